The molecule has 0 unspecified atom stereocenters. The zero-order chi connectivity index (χ0) is 23.8. The number of nitrogens with zero attached hydrogens (tertiary/aromatic N) is 3. The lowest BCUT2D eigenvalue weighted by molar-refractivity contribution is 0.0723. The first kappa shape index (κ1) is 22.5. The highest BCUT2D eigenvalue weighted by Crippen LogP contribution is 2.34. The molecule has 178 valence electrons. The van der Waals surface area contributed by atoms with Gasteiger partial charge in [0.2, 0.25) is 0 Å². The van der Waals surface area contributed by atoms with Gasteiger partial charge in [0.05, 0.1) is 28.6 Å². The molecule has 3 aromatic rings. The van der Waals surface area contributed by atoms with Gasteiger partial charge in [-0.25, -0.2) is 9.31 Å². The average Bonchev–Trinajstić information content (AvgIpc) is 3.37. The number of carbonyl (C=O) groups is 2. The van der Waals surface area contributed by atoms with Gasteiger partial charge in [-0.3, -0.25) is 4.79 Å². The number of aromatic nitrogens is 2. The molecule has 0 bridgehead atoms. The fourth-order valence-corrected chi connectivity index (χ4v) is 4.37. The molecule has 1 saturated heterocycles. The maximum absolute atomic E-state index is 13.1. The van der Waals surface area contributed by atoms with E-state index in [1.807, 2.05) is 6.92 Å². The van der Waals surface area contributed by atoms with Crippen LogP contribution in [0.15, 0.2) is 36.7 Å². The van der Waals surface area contributed by atoms with Crippen LogP contribution in [-0.4, -0.2) is 58.8 Å². The average molecular weight is 484 g/mol. The highest BCUT2D eigenvalue weighted by atomic mass is 35.5. The summed E-state index contributed by atoms with van der Waals surface area (Å²) in [4.78, 5) is 27.0. The molecule has 2 aliphatic rings. The summed E-state index contributed by atoms with van der Waals surface area (Å²) in [5, 5.41) is 10.3. The van der Waals surface area contributed by atoms with E-state index in [2.05, 4.69) is 15.7 Å². The number of hydrogen-bond donors (Lipinski definition) is 2. The van der Waals surface area contributed by atoms with Crippen molar-refractivity contribution in [1.29, 1.82) is 0 Å². The van der Waals surface area contributed by atoms with Crippen LogP contribution in [0.2, 0.25) is 5.02 Å². The number of rotatable bonds is 6. The van der Waals surface area contributed by atoms with E-state index in [1.165, 1.54) is 0 Å². The van der Waals surface area contributed by atoms with Crippen molar-refractivity contribution in [2.24, 2.45) is 0 Å². The standard InChI is InChI=1S/C24H26ClN5O4/c1-14-18(23(31)29-10-8-17(12-29)33-2)13-30-22(14)21(7-9-26-30)34-16-5-6-20(19(25)11-16)28-24(32)27-15-3-4-15/h5-7,9,11,13,15,17H,3-4,8,10,12H2,1-2H3,(H2,27,28,32)/t17-/m0/s1. The number of anilines is 1. The van der Waals surface area contributed by atoms with Crippen LogP contribution in [0.5, 0.6) is 11.5 Å². The second-order valence-corrected chi connectivity index (χ2v) is 9.08. The van der Waals surface area contributed by atoms with Gasteiger partial charge in [-0.2, -0.15) is 5.10 Å². The van der Waals surface area contributed by atoms with Gasteiger partial charge in [0, 0.05) is 44.6 Å². The van der Waals surface area contributed by atoms with Crippen molar-refractivity contribution >= 4 is 34.7 Å². The lowest BCUT2D eigenvalue weighted by Crippen LogP contribution is -2.30. The number of carbonyl (C=O) groups excluding carboxylic acids is 2. The second kappa shape index (κ2) is 9.15. The fraction of sp³-hybridized carbons (Fsp3) is 0.375. The van der Waals surface area contributed by atoms with Crippen LogP contribution in [0.1, 0.15) is 35.2 Å². The molecule has 2 aromatic heterocycles. The second-order valence-electron chi connectivity index (χ2n) is 8.67. The predicted octanol–water partition coefficient (Wildman–Crippen LogP) is 4.23. The first-order chi connectivity index (χ1) is 16.4. The van der Waals surface area contributed by atoms with Crippen LogP contribution in [0.4, 0.5) is 10.5 Å². The quantitative estimate of drug-likeness (QED) is 0.546. The van der Waals surface area contributed by atoms with Crippen molar-refractivity contribution < 1.29 is 19.1 Å². The number of benzene rings is 1. The van der Waals surface area contributed by atoms with E-state index in [0.29, 0.717) is 46.4 Å². The molecule has 0 radical (unpaired) electrons. The Morgan fingerprint density at radius 3 is 2.74 bits per heavy atom. The summed E-state index contributed by atoms with van der Waals surface area (Å²) in [7, 11) is 1.67. The Hall–Kier alpha value is -3.30. The topological polar surface area (TPSA) is 97.2 Å². The number of ether oxygens (including phenoxy) is 2. The van der Waals surface area contributed by atoms with E-state index < -0.39 is 0 Å². The Bertz CT molecular complexity index is 1260. The van der Waals surface area contributed by atoms with Crippen molar-refractivity contribution in [3.8, 4) is 11.5 Å². The van der Waals surface area contributed by atoms with E-state index in [0.717, 1.165) is 24.8 Å². The summed E-state index contributed by atoms with van der Waals surface area (Å²) >= 11 is 6.38. The van der Waals surface area contributed by atoms with E-state index in [9.17, 15) is 9.59 Å². The highest BCUT2D eigenvalue weighted by molar-refractivity contribution is 6.33. The number of aryl methyl sites for hydroxylation is 1. The Labute approximate surface area is 202 Å². The zero-order valence-corrected chi connectivity index (χ0v) is 19.8. The maximum Gasteiger partial charge on any atom is 0.319 e. The third-order valence-corrected chi connectivity index (χ3v) is 6.53. The van der Waals surface area contributed by atoms with Gasteiger partial charge >= 0.3 is 6.03 Å². The van der Waals surface area contributed by atoms with Crippen molar-refractivity contribution in [1.82, 2.24) is 19.8 Å². The van der Waals surface area contributed by atoms with Crippen LogP contribution < -0.4 is 15.4 Å². The van der Waals surface area contributed by atoms with E-state index >= 15 is 0 Å². The third-order valence-electron chi connectivity index (χ3n) is 6.22. The smallest absolute Gasteiger partial charge is 0.319 e. The minimum atomic E-state index is -0.273. The lowest BCUT2D eigenvalue weighted by Gasteiger charge is -2.15. The van der Waals surface area contributed by atoms with E-state index in [-0.39, 0.29) is 24.1 Å². The van der Waals surface area contributed by atoms with Crippen LogP contribution in [-0.2, 0) is 4.74 Å². The van der Waals surface area contributed by atoms with Gasteiger partial charge in [-0.15, -0.1) is 0 Å². The summed E-state index contributed by atoms with van der Waals surface area (Å²) < 4.78 is 13.2. The number of hydrogen-bond acceptors (Lipinski definition) is 5. The SMILES string of the molecule is CO[C@H]1CCN(C(=O)c2cn3nccc(Oc4ccc(NC(=O)NC5CC5)c(Cl)c4)c3c2C)C1. The summed E-state index contributed by atoms with van der Waals surface area (Å²) in [6.45, 7) is 3.13. The molecule has 0 spiro atoms. The minimum Gasteiger partial charge on any atom is -0.455 e. The van der Waals surface area contributed by atoms with Crippen molar-refractivity contribution in [3.05, 3.63) is 52.8 Å². The van der Waals surface area contributed by atoms with Crippen LogP contribution in [0, 0.1) is 6.92 Å². The van der Waals surface area contributed by atoms with E-state index in [4.69, 9.17) is 21.1 Å². The summed E-state index contributed by atoms with van der Waals surface area (Å²) in [6, 6.07) is 6.80. The van der Waals surface area contributed by atoms with Gasteiger partial charge in [-0.05, 0) is 43.9 Å². The molecule has 2 fully saturated rings. The number of nitrogens with one attached hydrogen (secondary N) is 2. The number of halogens is 1. The molecule has 9 nitrogen and oxygen atoms in total. The largest absolute Gasteiger partial charge is 0.455 e. The number of amides is 3. The first-order valence-corrected chi connectivity index (χ1v) is 11.6. The highest BCUT2D eigenvalue weighted by Gasteiger charge is 2.29. The maximum atomic E-state index is 13.1. The lowest BCUT2D eigenvalue weighted by atomic mass is 10.1. The normalized spacial score (nSPS) is 17.7. The summed E-state index contributed by atoms with van der Waals surface area (Å²) in [5.41, 5.74) is 2.57. The van der Waals surface area contributed by atoms with Gasteiger partial charge in [0.1, 0.15) is 11.3 Å². The number of likely N-dealkylation sites (tertiary alicyclic amines) is 1. The summed E-state index contributed by atoms with van der Waals surface area (Å²) in [6.07, 6.45) is 6.26. The predicted molar refractivity (Wildman–Crippen MR) is 128 cm³/mol. The van der Waals surface area contributed by atoms with Gasteiger partial charge < -0.3 is 25.0 Å². The van der Waals surface area contributed by atoms with Gasteiger partial charge in [0.25, 0.3) is 5.91 Å². The molecule has 3 heterocycles. The number of fused-ring (bicyclic) bond motifs is 1. The van der Waals surface area contributed by atoms with Gasteiger partial charge in [0.15, 0.2) is 5.75 Å². The monoisotopic (exact) mass is 483 g/mol. The molecule has 1 atom stereocenters. The Kier molecular flexibility index (Phi) is 6.05. The Morgan fingerprint density at radius 1 is 1.21 bits per heavy atom. The molecule has 3 amide bonds. The molecular formula is C24H26ClN5O4. The molecule has 1 saturated carbocycles. The molecule has 1 aromatic carbocycles. The Morgan fingerprint density at radius 2 is 2.03 bits per heavy atom. The molecule has 1 aliphatic carbocycles. The zero-order valence-electron chi connectivity index (χ0n) is 19.0. The van der Waals surface area contributed by atoms with Crippen LogP contribution >= 0.6 is 11.6 Å². The van der Waals surface area contributed by atoms with Crippen molar-refractivity contribution in [2.75, 3.05) is 25.5 Å². The fourth-order valence-electron chi connectivity index (χ4n) is 4.16. The van der Waals surface area contributed by atoms with Crippen LogP contribution in [0.3, 0.4) is 0 Å². The minimum absolute atomic E-state index is 0.0450. The molecule has 5 rings (SSSR count). The molecule has 10 heteroatoms. The first-order valence-electron chi connectivity index (χ1n) is 11.3. The van der Waals surface area contributed by atoms with Gasteiger partial charge in [-0.1, -0.05) is 11.6 Å². The Balaban J connectivity index is 1.36. The molecule has 1 aliphatic heterocycles. The molecular weight excluding hydrogens is 458 g/mol. The van der Waals surface area contributed by atoms with Crippen molar-refractivity contribution in [3.63, 3.8) is 0 Å². The van der Waals surface area contributed by atoms with E-state index in [1.54, 1.807) is 53.2 Å². The van der Waals surface area contributed by atoms with Crippen LogP contribution in [0.25, 0.3) is 5.52 Å². The van der Waals surface area contributed by atoms with Crippen molar-refractivity contribution in [2.45, 2.75) is 38.3 Å². The number of urea groups is 1. The molecule has 2 N–H and O–H groups in total. The number of methoxy groups -OCH3 is 1. The molecule has 34 heavy (non-hydrogen) atoms. The summed E-state index contributed by atoms with van der Waals surface area (Å²) in [5.74, 6) is 1.00. The third kappa shape index (κ3) is 4.53.